The predicted molar refractivity (Wildman–Crippen MR) is 110 cm³/mol. The Morgan fingerprint density at radius 3 is 2.31 bits per heavy atom. The Hall–Kier alpha value is -2.71. The van der Waals surface area contributed by atoms with Crippen molar-refractivity contribution in [1.29, 1.82) is 0 Å². The average molecular weight is 416 g/mol. The van der Waals surface area contributed by atoms with Crippen molar-refractivity contribution in [2.24, 2.45) is 0 Å². The standard InChI is InChI=1S/C21H25N3O4S/c1-22-20(25)17-10-8-16(9-11-17)15-23(2)21(26)18-6-5-7-19(14-18)29(27,28)24-12-3-4-13-24/h5-11,14H,3-4,12-13,15H2,1-2H3,(H,22,25). The summed E-state index contributed by atoms with van der Waals surface area (Å²) in [6.07, 6.45) is 1.72. The summed E-state index contributed by atoms with van der Waals surface area (Å²) in [7, 11) is -0.337. The van der Waals surface area contributed by atoms with Gasteiger partial charge in [-0.05, 0) is 48.7 Å². The van der Waals surface area contributed by atoms with Crippen LogP contribution in [0.25, 0.3) is 0 Å². The average Bonchev–Trinajstić information content (AvgIpc) is 3.29. The van der Waals surface area contributed by atoms with E-state index in [9.17, 15) is 18.0 Å². The zero-order valence-corrected chi connectivity index (χ0v) is 17.4. The smallest absolute Gasteiger partial charge is 0.253 e. The molecule has 0 radical (unpaired) electrons. The summed E-state index contributed by atoms with van der Waals surface area (Å²) in [6, 6.07) is 13.2. The molecule has 2 amide bonds. The van der Waals surface area contributed by atoms with E-state index in [0.29, 0.717) is 30.8 Å². The number of benzene rings is 2. The SMILES string of the molecule is CNC(=O)c1ccc(CN(C)C(=O)c2cccc(S(=O)(=O)N3CCCC3)c2)cc1. The summed E-state index contributed by atoms with van der Waals surface area (Å²) in [4.78, 5) is 26.1. The van der Waals surface area contributed by atoms with Gasteiger partial charge in [-0.25, -0.2) is 8.42 Å². The Morgan fingerprint density at radius 2 is 1.69 bits per heavy atom. The maximum atomic E-state index is 12.8. The molecule has 0 spiro atoms. The lowest BCUT2D eigenvalue weighted by atomic mass is 10.1. The number of carbonyl (C=O) groups is 2. The van der Waals surface area contributed by atoms with Gasteiger partial charge < -0.3 is 10.2 Å². The third-order valence-corrected chi connectivity index (χ3v) is 6.89. The first-order valence-electron chi connectivity index (χ1n) is 9.49. The summed E-state index contributed by atoms with van der Waals surface area (Å²) >= 11 is 0. The molecule has 0 atom stereocenters. The van der Waals surface area contributed by atoms with Gasteiger partial charge in [-0.2, -0.15) is 4.31 Å². The second kappa shape index (κ2) is 8.75. The summed E-state index contributed by atoms with van der Waals surface area (Å²) in [6.45, 7) is 1.38. The van der Waals surface area contributed by atoms with Crippen LogP contribution in [-0.2, 0) is 16.6 Å². The van der Waals surface area contributed by atoms with Crippen molar-refractivity contribution in [3.63, 3.8) is 0 Å². The van der Waals surface area contributed by atoms with E-state index >= 15 is 0 Å². The van der Waals surface area contributed by atoms with Gasteiger partial charge in [-0.3, -0.25) is 9.59 Å². The lowest BCUT2D eigenvalue weighted by Gasteiger charge is -2.19. The maximum Gasteiger partial charge on any atom is 0.253 e. The number of nitrogens with zero attached hydrogens (tertiary/aromatic N) is 2. The van der Waals surface area contributed by atoms with E-state index < -0.39 is 10.0 Å². The summed E-state index contributed by atoms with van der Waals surface area (Å²) < 4.78 is 27.0. The molecule has 7 nitrogen and oxygen atoms in total. The third kappa shape index (κ3) is 4.65. The Morgan fingerprint density at radius 1 is 1.03 bits per heavy atom. The normalized spacial score (nSPS) is 14.6. The second-order valence-corrected chi connectivity index (χ2v) is 9.01. The Balaban J connectivity index is 1.73. The molecule has 1 N–H and O–H groups in total. The minimum atomic E-state index is -3.57. The molecule has 1 heterocycles. The monoisotopic (exact) mass is 415 g/mol. The van der Waals surface area contributed by atoms with Gasteiger partial charge >= 0.3 is 0 Å². The third-order valence-electron chi connectivity index (χ3n) is 4.99. The zero-order valence-electron chi connectivity index (χ0n) is 16.6. The fourth-order valence-electron chi connectivity index (χ4n) is 3.34. The van der Waals surface area contributed by atoms with Crippen molar-refractivity contribution >= 4 is 21.8 Å². The van der Waals surface area contributed by atoms with Gasteiger partial charge in [0.15, 0.2) is 0 Å². The van der Waals surface area contributed by atoms with Crippen LogP contribution < -0.4 is 5.32 Å². The Labute approximate surface area is 171 Å². The minimum absolute atomic E-state index is 0.147. The van der Waals surface area contributed by atoms with Crippen molar-refractivity contribution in [3.05, 3.63) is 65.2 Å². The van der Waals surface area contributed by atoms with E-state index in [1.54, 1.807) is 50.5 Å². The van der Waals surface area contributed by atoms with Gasteiger partial charge in [-0.1, -0.05) is 18.2 Å². The van der Waals surface area contributed by atoms with E-state index in [-0.39, 0.29) is 16.7 Å². The first-order valence-corrected chi connectivity index (χ1v) is 10.9. The van der Waals surface area contributed by atoms with Gasteiger partial charge in [0.05, 0.1) is 4.90 Å². The highest BCUT2D eigenvalue weighted by Gasteiger charge is 2.27. The topological polar surface area (TPSA) is 86.8 Å². The highest BCUT2D eigenvalue weighted by molar-refractivity contribution is 7.89. The zero-order chi connectivity index (χ0) is 21.0. The van der Waals surface area contributed by atoms with Gasteiger partial charge in [0.2, 0.25) is 10.0 Å². The molecule has 2 aromatic carbocycles. The predicted octanol–water partition coefficient (Wildman–Crippen LogP) is 2.10. The number of nitrogens with one attached hydrogen (secondary N) is 1. The second-order valence-electron chi connectivity index (χ2n) is 7.08. The first kappa shape index (κ1) is 21.0. The van der Waals surface area contributed by atoms with Crippen molar-refractivity contribution in [3.8, 4) is 0 Å². The van der Waals surface area contributed by atoms with Crippen molar-refractivity contribution in [2.45, 2.75) is 24.3 Å². The number of rotatable bonds is 6. The molecular formula is C21H25N3O4S. The number of sulfonamides is 1. The lowest BCUT2D eigenvalue weighted by Crippen LogP contribution is -2.29. The van der Waals surface area contributed by atoms with E-state index in [2.05, 4.69) is 5.32 Å². The Bertz CT molecular complexity index is 997. The molecule has 0 aromatic heterocycles. The van der Waals surface area contributed by atoms with Gasteiger partial charge in [0.1, 0.15) is 0 Å². The molecule has 8 heteroatoms. The molecule has 0 aliphatic carbocycles. The van der Waals surface area contributed by atoms with Crippen molar-refractivity contribution < 1.29 is 18.0 Å². The lowest BCUT2D eigenvalue weighted by molar-refractivity contribution is 0.0784. The van der Waals surface area contributed by atoms with Crippen molar-refractivity contribution in [2.75, 3.05) is 27.2 Å². The summed E-state index contributed by atoms with van der Waals surface area (Å²) in [5.74, 6) is -0.434. The van der Waals surface area contributed by atoms with Crippen LogP contribution in [0, 0.1) is 0 Å². The van der Waals surface area contributed by atoms with Crippen LogP contribution in [0.2, 0.25) is 0 Å². The van der Waals surface area contributed by atoms with Crippen molar-refractivity contribution in [1.82, 2.24) is 14.5 Å². The highest BCUT2D eigenvalue weighted by Crippen LogP contribution is 2.22. The van der Waals surface area contributed by atoms with Gasteiger partial charge in [-0.15, -0.1) is 0 Å². The van der Waals surface area contributed by atoms with Crippen LogP contribution in [0.4, 0.5) is 0 Å². The molecule has 29 heavy (non-hydrogen) atoms. The summed E-state index contributed by atoms with van der Waals surface area (Å²) in [5, 5.41) is 2.56. The quantitative estimate of drug-likeness (QED) is 0.783. The molecule has 0 bridgehead atoms. The van der Waals surface area contributed by atoms with Crippen LogP contribution in [0.3, 0.4) is 0 Å². The Kier molecular flexibility index (Phi) is 6.34. The van der Waals surface area contributed by atoms with Gasteiger partial charge in [0.25, 0.3) is 11.8 Å². The molecule has 2 aromatic rings. The highest BCUT2D eigenvalue weighted by atomic mass is 32.2. The van der Waals surface area contributed by atoms with Crippen LogP contribution >= 0.6 is 0 Å². The number of hydrogen-bond acceptors (Lipinski definition) is 4. The largest absolute Gasteiger partial charge is 0.355 e. The van der Waals surface area contributed by atoms with E-state index in [1.807, 2.05) is 0 Å². The molecule has 1 fully saturated rings. The van der Waals surface area contributed by atoms with Crippen LogP contribution in [-0.4, -0.2) is 56.6 Å². The van der Waals surface area contributed by atoms with Crippen LogP contribution in [0.15, 0.2) is 53.4 Å². The molecule has 0 unspecified atom stereocenters. The maximum absolute atomic E-state index is 12.8. The van der Waals surface area contributed by atoms with Gasteiger partial charge in [0, 0.05) is 44.9 Å². The molecule has 1 aliphatic rings. The minimum Gasteiger partial charge on any atom is -0.355 e. The molecule has 0 saturated carbocycles. The molecular weight excluding hydrogens is 390 g/mol. The number of amides is 2. The fourth-order valence-corrected chi connectivity index (χ4v) is 4.90. The molecule has 1 aliphatic heterocycles. The van der Waals surface area contributed by atoms with E-state index in [1.165, 1.54) is 21.3 Å². The first-order chi connectivity index (χ1) is 13.8. The molecule has 1 saturated heterocycles. The van der Waals surface area contributed by atoms with E-state index in [4.69, 9.17) is 0 Å². The van der Waals surface area contributed by atoms with Crippen LogP contribution in [0.5, 0.6) is 0 Å². The van der Waals surface area contributed by atoms with E-state index in [0.717, 1.165) is 18.4 Å². The summed E-state index contributed by atoms with van der Waals surface area (Å²) in [5.41, 5.74) is 1.74. The number of hydrogen-bond donors (Lipinski definition) is 1. The van der Waals surface area contributed by atoms with Crippen LogP contribution in [0.1, 0.15) is 39.1 Å². The molecule has 154 valence electrons. The molecule has 3 rings (SSSR count). The fraction of sp³-hybridized carbons (Fsp3) is 0.333. The number of carbonyl (C=O) groups excluding carboxylic acids is 2.